The number of carboxylic acids is 1. The molecule has 0 fully saturated rings. The molecule has 0 saturated carbocycles. The molecule has 4 aromatic heterocycles. The van der Waals surface area contributed by atoms with Gasteiger partial charge in [-0.1, -0.05) is 36.4 Å². The van der Waals surface area contributed by atoms with Crippen molar-refractivity contribution in [2.75, 3.05) is 14.2 Å². The maximum atomic E-state index is 12.7. The van der Waals surface area contributed by atoms with E-state index in [4.69, 9.17) is 20.3 Å². The van der Waals surface area contributed by atoms with Gasteiger partial charge in [-0.3, -0.25) is 24.4 Å². The Kier molecular flexibility index (Phi) is 12.0. The SMILES string of the molecule is COc1cccc([C@@H](C)N)c1.COc1cccc([C@@H](C)NC(=O)c2ccc3c(c2)[nH]c(=O)c2cnccc23)c1.O=C(O)c1ccc2c(c1)[nH]c(=O)c1cnccc12. The molecule has 288 valence electrons. The second-order valence-corrected chi connectivity index (χ2v) is 13.1. The van der Waals surface area contributed by atoms with Crippen LogP contribution in [0.5, 0.6) is 11.5 Å². The van der Waals surface area contributed by atoms with Crippen LogP contribution in [0.1, 0.15) is 57.8 Å². The highest BCUT2D eigenvalue weighted by Crippen LogP contribution is 2.24. The molecule has 2 atom stereocenters. The highest BCUT2D eigenvalue weighted by Gasteiger charge is 2.14. The van der Waals surface area contributed by atoms with Crippen LogP contribution in [-0.4, -0.2) is 51.1 Å². The van der Waals surface area contributed by atoms with Crippen LogP contribution >= 0.6 is 0 Å². The Labute approximate surface area is 326 Å². The second kappa shape index (κ2) is 17.4. The fraction of sp³-hybridized carbons (Fsp3) is 0.136. The summed E-state index contributed by atoms with van der Waals surface area (Å²) in [5, 5.41) is 16.2. The normalized spacial score (nSPS) is 11.8. The van der Waals surface area contributed by atoms with Gasteiger partial charge in [0.25, 0.3) is 17.0 Å². The van der Waals surface area contributed by atoms with Crippen LogP contribution < -0.4 is 31.6 Å². The number of carboxylic acid groups (broad SMARTS) is 1. The first kappa shape index (κ1) is 39.3. The number of pyridine rings is 4. The molecule has 0 spiro atoms. The van der Waals surface area contributed by atoms with E-state index in [0.717, 1.165) is 44.2 Å². The molecule has 1 amide bonds. The molecular weight excluding hydrogens is 725 g/mol. The van der Waals surface area contributed by atoms with Crippen molar-refractivity contribution in [3.8, 4) is 11.5 Å². The standard InChI is InChI=1S/C22H19N3O3.C13H8N2O3.C9H13NO/c1-13(14-4-3-5-16(10-14)28-2)24-21(26)15-6-7-18-17-8-9-23-12-19(17)22(27)25-20(18)11-15;16-12-10-6-14-4-3-8(10)9-2-1-7(13(17)18)5-11(9)15-12;1-7(10)8-4-3-5-9(6-8)11-2/h3-13H,1-2H3,(H,24,26)(H,25,27);1-6H,(H,15,16)(H,17,18);3-7H,10H2,1-2H3/t13-;;7-/m1.1/s1. The monoisotopic (exact) mass is 764 g/mol. The Bertz CT molecular complexity index is 2870. The highest BCUT2D eigenvalue weighted by atomic mass is 16.5. The van der Waals surface area contributed by atoms with E-state index in [1.165, 1.54) is 18.3 Å². The molecule has 13 heteroatoms. The van der Waals surface area contributed by atoms with Gasteiger partial charge in [0.1, 0.15) is 11.5 Å². The van der Waals surface area contributed by atoms with Gasteiger partial charge >= 0.3 is 5.97 Å². The molecular formula is C44H40N6O7. The molecule has 0 saturated heterocycles. The van der Waals surface area contributed by atoms with Gasteiger partial charge in [0, 0.05) is 58.2 Å². The third-order valence-electron chi connectivity index (χ3n) is 9.32. The summed E-state index contributed by atoms with van der Waals surface area (Å²) >= 11 is 0. The number of carbonyl (C=O) groups is 2. The molecule has 4 heterocycles. The predicted molar refractivity (Wildman–Crippen MR) is 221 cm³/mol. The fourth-order valence-corrected chi connectivity index (χ4v) is 6.24. The zero-order valence-electron chi connectivity index (χ0n) is 31.6. The molecule has 0 unspecified atom stereocenters. The quantitative estimate of drug-likeness (QED) is 0.105. The van der Waals surface area contributed by atoms with Gasteiger partial charge in [-0.25, -0.2) is 4.79 Å². The summed E-state index contributed by atoms with van der Waals surface area (Å²) < 4.78 is 10.3. The first-order valence-corrected chi connectivity index (χ1v) is 17.8. The number of aromatic amines is 2. The number of aromatic carboxylic acids is 1. The van der Waals surface area contributed by atoms with Gasteiger partial charge in [0.15, 0.2) is 0 Å². The number of hydrogen-bond acceptors (Lipinski definition) is 9. The zero-order chi connectivity index (χ0) is 40.6. The van der Waals surface area contributed by atoms with Gasteiger partial charge in [0.2, 0.25) is 0 Å². The van der Waals surface area contributed by atoms with E-state index in [2.05, 4.69) is 25.3 Å². The lowest BCUT2D eigenvalue weighted by atomic mass is 10.0. The van der Waals surface area contributed by atoms with Crippen molar-refractivity contribution in [1.82, 2.24) is 25.3 Å². The minimum absolute atomic E-state index is 0.0742. The lowest BCUT2D eigenvalue weighted by Gasteiger charge is -2.15. The Morgan fingerprint density at radius 1 is 0.649 bits per heavy atom. The lowest BCUT2D eigenvalue weighted by Crippen LogP contribution is -2.26. The first-order chi connectivity index (χ1) is 27.5. The van der Waals surface area contributed by atoms with Crippen molar-refractivity contribution < 1.29 is 24.2 Å². The number of methoxy groups -OCH3 is 2. The van der Waals surface area contributed by atoms with Crippen molar-refractivity contribution in [3.05, 3.63) is 165 Å². The van der Waals surface area contributed by atoms with E-state index in [9.17, 15) is 19.2 Å². The van der Waals surface area contributed by atoms with Crippen molar-refractivity contribution in [3.63, 3.8) is 0 Å². The average Bonchev–Trinajstić information content (AvgIpc) is 3.24. The van der Waals surface area contributed by atoms with Gasteiger partial charge in [-0.2, -0.15) is 0 Å². The summed E-state index contributed by atoms with van der Waals surface area (Å²) in [4.78, 5) is 61.2. The number of carbonyl (C=O) groups excluding carboxylic acids is 1. The van der Waals surface area contributed by atoms with Gasteiger partial charge in [-0.05, 0) is 96.4 Å². The van der Waals surface area contributed by atoms with Crippen LogP contribution in [0.4, 0.5) is 0 Å². The van der Waals surface area contributed by atoms with Crippen LogP contribution in [0.3, 0.4) is 0 Å². The van der Waals surface area contributed by atoms with Crippen LogP contribution in [0.15, 0.2) is 131 Å². The van der Waals surface area contributed by atoms with E-state index in [1.807, 2.05) is 68.4 Å². The summed E-state index contributed by atoms with van der Waals surface area (Å²) in [5.74, 6) is 0.364. The molecule has 0 radical (unpaired) electrons. The number of ether oxygens (including phenoxy) is 2. The largest absolute Gasteiger partial charge is 0.497 e. The summed E-state index contributed by atoms with van der Waals surface area (Å²) in [6, 6.07) is 28.8. The van der Waals surface area contributed by atoms with Crippen molar-refractivity contribution in [1.29, 1.82) is 0 Å². The van der Waals surface area contributed by atoms with Gasteiger partial charge in [0.05, 0.1) is 36.6 Å². The molecule has 0 bridgehead atoms. The number of rotatable bonds is 7. The fourth-order valence-electron chi connectivity index (χ4n) is 6.24. The smallest absolute Gasteiger partial charge is 0.335 e. The maximum Gasteiger partial charge on any atom is 0.335 e. The topological polar surface area (TPSA) is 202 Å². The third kappa shape index (κ3) is 8.96. The molecule has 6 N–H and O–H groups in total. The minimum Gasteiger partial charge on any atom is -0.497 e. The van der Waals surface area contributed by atoms with E-state index in [0.29, 0.717) is 27.4 Å². The Balaban J connectivity index is 0.000000161. The second-order valence-electron chi connectivity index (χ2n) is 13.1. The van der Waals surface area contributed by atoms with Crippen molar-refractivity contribution >= 4 is 55.2 Å². The maximum absolute atomic E-state index is 12.7. The van der Waals surface area contributed by atoms with Crippen LogP contribution in [0.2, 0.25) is 0 Å². The highest BCUT2D eigenvalue weighted by molar-refractivity contribution is 6.08. The number of aromatic nitrogens is 4. The molecule has 8 rings (SSSR count). The summed E-state index contributed by atoms with van der Waals surface area (Å²) in [5.41, 5.74) is 8.99. The van der Waals surface area contributed by atoms with Gasteiger partial charge < -0.3 is 35.6 Å². The van der Waals surface area contributed by atoms with E-state index < -0.39 is 5.97 Å². The van der Waals surface area contributed by atoms with E-state index in [-0.39, 0.29) is 34.7 Å². The number of benzene rings is 4. The number of hydrogen-bond donors (Lipinski definition) is 5. The Hall–Kier alpha value is -7.38. The number of nitrogens with one attached hydrogen (secondary N) is 3. The van der Waals surface area contributed by atoms with E-state index >= 15 is 0 Å². The zero-order valence-corrected chi connectivity index (χ0v) is 31.6. The number of nitrogens with zero attached hydrogens (tertiary/aromatic N) is 2. The summed E-state index contributed by atoms with van der Waals surface area (Å²) in [6.07, 6.45) is 6.30. The van der Waals surface area contributed by atoms with E-state index in [1.54, 1.807) is 63.1 Å². The molecule has 0 aliphatic carbocycles. The van der Waals surface area contributed by atoms with Crippen molar-refractivity contribution in [2.24, 2.45) is 5.73 Å². The van der Waals surface area contributed by atoms with Crippen LogP contribution in [0, 0.1) is 0 Å². The number of amides is 1. The minimum atomic E-state index is -1.02. The lowest BCUT2D eigenvalue weighted by molar-refractivity contribution is 0.0696. The summed E-state index contributed by atoms with van der Waals surface area (Å²) in [6.45, 7) is 3.87. The molecule has 4 aromatic carbocycles. The molecule has 13 nitrogen and oxygen atoms in total. The molecule has 0 aliphatic rings. The predicted octanol–water partition coefficient (Wildman–Crippen LogP) is 7.07. The first-order valence-electron chi connectivity index (χ1n) is 17.8. The Morgan fingerprint density at radius 3 is 1.65 bits per heavy atom. The Morgan fingerprint density at radius 2 is 1.14 bits per heavy atom. The van der Waals surface area contributed by atoms with Crippen molar-refractivity contribution in [2.45, 2.75) is 25.9 Å². The number of H-pyrrole nitrogens is 2. The van der Waals surface area contributed by atoms with Crippen LogP contribution in [-0.2, 0) is 0 Å². The third-order valence-corrected chi connectivity index (χ3v) is 9.32. The van der Waals surface area contributed by atoms with Gasteiger partial charge in [-0.15, -0.1) is 0 Å². The molecule has 8 aromatic rings. The number of fused-ring (bicyclic) bond motifs is 6. The van der Waals surface area contributed by atoms with Crippen LogP contribution in [0.25, 0.3) is 43.4 Å². The summed E-state index contributed by atoms with van der Waals surface area (Å²) in [7, 11) is 3.26. The molecule has 0 aliphatic heterocycles. The average molecular weight is 765 g/mol. The number of nitrogens with two attached hydrogens (primary N) is 1. The molecule has 57 heavy (non-hydrogen) atoms.